The van der Waals surface area contributed by atoms with Crippen molar-refractivity contribution in [2.75, 3.05) is 49.1 Å². The highest BCUT2D eigenvalue weighted by Crippen LogP contribution is 2.44. The summed E-state index contributed by atoms with van der Waals surface area (Å²) in [6, 6.07) is 4.25. The Morgan fingerprint density at radius 1 is 0.964 bits per heavy atom. The fourth-order valence-corrected chi connectivity index (χ4v) is 9.24. The van der Waals surface area contributed by atoms with E-state index in [4.69, 9.17) is 10.2 Å². The van der Waals surface area contributed by atoms with Crippen LogP contribution in [0.25, 0.3) is 11.1 Å². The number of benzene rings is 1. The van der Waals surface area contributed by atoms with E-state index >= 15 is 0 Å². The van der Waals surface area contributed by atoms with Gasteiger partial charge in [0.15, 0.2) is 5.82 Å². The van der Waals surface area contributed by atoms with Crippen molar-refractivity contribution in [1.29, 1.82) is 0 Å². The summed E-state index contributed by atoms with van der Waals surface area (Å²) in [5.74, 6) is 0.993. The Hall–Kier alpha value is -4.92. The number of hydrogen-bond acceptors (Lipinski definition) is 9. The summed E-state index contributed by atoms with van der Waals surface area (Å²) in [6.07, 6.45) is 11.1. The second-order valence-corrected chi connectivity index (χ2v) is 15.8. The largest absolute Gasteiger partial charge is 0.478 e. The quantitative estimate of drug-likeness (QED) is 0.216. The van der Waals surface area contributed by atoms with Gasteiger partial charge in [0.2, 0.25) is 11.9 Å². The molecular formula is C40H50F2N10O3. The first-order valence-electron chi connectivity index (χ1n) is 19.7. The van der Waals surface area contributed by atoms with E-state index in [0.717, 1.165) is 100 Å². The summed E-state index contributed by atoms with van der Waals surface area (Å²) in [6.45, 7) is 9.39. The minimum atomic E-state index is -2.65. The lowest BCUT2D eigenvalue weighted by atomic mass is 9.89. The standard InChI is InChI=1S/C40H50F2N10O3/c1-25(17-27-6-12-49(13-7-27)40-43-20-29(21-44-40)39(54)55)48-14-8-31(9-15-48)52-35-10-16-50(26(2)53)24-34(35)38(46-52)51-11-4-5-28-18-32(30-22-45-47(3)23-30)33(37(41)42)19-36(28)51/h18-23,25,27,31,37H,4-17,24H2,1-3H3,(H,54,55). The molecule has 292 valence electrons. The fourth-order valence-electron chi connectivity index (χ4n) is 9.24. The van der Waals surface area contributed by atoms with Crippen molar-refractivity contribution in [2.24, 2.45) is 13.0 Å². The van der Waals surface area contributed by atoms with E-state index in [1.54, 1.807) is 37.1 Å². The number of aromatic nitrogens is 6. The lowest BCUT2D eigenvalue weighted by molar-refractivity contribution is -0.129. The number of amides is 1. The Balaban J connectivity index is 0.973. The molecular weight excluding hydrogens is 707 g/mol. The molecule has 8 rings (SSSR count). The van der Waals surface area contributed by atoms with E-state index in [0.29, 0.717) is 48.7 Å². The van der Waals surface area contributed by atoms with E-state index in [9.17, 15) is 18.4 Å². The molecule has 15 heteroatoms. The number of anilines is 3. The predicted octanol–water partition coefficient (Wildman–Crippen LogP) is 6.03. The number of rotatable bonds is 9. The van der Waals surface area contributed by atoms with Gasteiger partial charge in [0.05, 0.1) is 24.3 Å². The van der Waals surface area contributed by atoms with Crippen LogP contribution in [0.5, 0.6) is 0 Å². The van der Waals surface area contributed by atoms with Crippen LogP contribution in [0, 0.1) is 5.92 Å². The topological polar surface area (TPSA) is 129 Å². The summed E-state index contributed by atoms with van der Waals surface area (Å²) < 4.78 is 33.2. The average Bonchev–Trinajstić information content (AvgIpc) is 3.80. The molecule has 1 aromatic carbocycles. The van der Waals surface area contributed by atoms with E-state index in [-0.39, 0.29) is 23.1 Å². The first-order chi connectivity index (χ1) is 26.5. The molecule has 0 saturated carbocycles. The third-order valence-corrected chi connectivity index (χ3v) is 12.3. The van der Waals surface area contributed by atoms with Crippen LogP contribution < -0.4 is 9.80 Å². The third-order valence-electron chi connectivity index (χ3n) is 12.3. The summed E-state index contributed by atoms with van der Waals surface area (Å²) >= 11 is 0. The molecule has 0 aliphatic carbocycles. The van der Waals surface area contributed by atoms with Crippen molar-refractivity contribution in [3.8, 4) is 11.1 Å². The number of likely N-dealkylation sites (tertiary alicyclic amines) is 1. The number of hydrogen-bond donors (Lipinski definition) is 1. The van der Waals surface area contributed by atoms with Gasteiger partial charge >= 0.3 is 5.97 Å². The van der Waals surface area contributed by atoms with Gasteiger partial charge in [-0.3, -0.25) is 14.2 Å². The number of carbonyl (C=O) groups is 2. The first-order valence-corrected chi connectivity index (χ1v) is 19.7. The molecule has 7 heterocycles. The Morgan fingerprint density at radius 3 is 2.36 bits per heavy atom. The van der Waals surface area contributed by atoms with Crippen molar-refractivity contribution in [3.05, 3.63) is 64.9 Å². The van der Waals surface area contributed by atoms with Gasteiger partial charge in [-0.15, -0.1) is 0 Å². The fraction of sp³-hybridized carbons (Fsp3) is 0.550. The van der Waals surface area contributed by atoms with Crippen LogP contribution in [0.3, 0.4) is 0 Å². The average molecular weight is 757 g/mol. The van der Waals surface area contributed by atoms with Crippen molar-refractivity contribution < 1.29 is 23.5 Å². The van der Waals surface area contributed by atoms with Gasteiger partial charge in [-0.2, -0.15) is 10.2 Å². The second-order valence-electron chi connectivity index (χ2n) is 15.8. The van der Waals surface area contributed by atoms with Gasteiger partial charge in [0, 0.05) is 112 Å². The molecule has 2 saturated heterocycles. The van der Waals surface area contributed by atoms with Crippen molar-refractivity contribution in [3.63, 3.8) is 0 Å². The summed E-state index contributed by atoms with van der Waals surface area (Å²) in [5.41, 5.74) is 5.29. The molecule has 2 fully saturated rings. The van der Waals surface area contributed by atoms with Gasteiger partial charge in [0.25, 0.3) is 6.43 Å². The number of carboxylic acids is 1. The zero-order chi connectivity index (χ0) is 38.4. The molecule has 55 heavy (non-hydrogen) atoms. The summed E-state index contributed by atoms with van der Waals surface area (Å²) in [4.78, 5) is 41.1. The Bertz CT molecular complexity index is 2030. The summed E-state index contributed by atoms with van der Waals surface area (Å²) in [5, 5.41) is 18.7. The van der Waals surface area contributed by atoms with E-state index in [1.165, 1.54) is 18.1 Å². The lowest BCUT2D eigenvalue weighted by Crippen LogP contribution is -2.43. The van der Waals surface area contributed by atoms with Crippen LogP contribution in [-0.4, -0.2) is 102 Å². The molecule has 1 N–H and O–H groups in total. The molecule has 3 aromatic heterocycles. The molecule has 4 aromatic rings. The number of halogens is 2. The van der Waals surface area contributed by atoms with Crippen LogP contribution >= 0.6 is 0 Å². The number of alkyl halides is 2. The van der Waals surface area contributed by atoms with E-state index in [2.05, 4.69) is 41.4 Å². The Kier molecular flexibility index (Phi) is 10.3. The van der Waals surface area contributed by atoms with Crippen LogP contribution in [0.1, 0.15) is 97.6 Å². The molecule has 0 spiro atoms. The van der Waals surface area contributed by atoms with Gasteiger partial charge in [-0.1, -0.05) is 0 Å². The maximum absolute atomic E-state index is 14.7. The second kappa shape index (κ2) is 15.3. The molecule has 4 aliphatic heterocycles. The van der Waals surface area contributed by atoms with Gasteiger partial charge < -0.3 is 24.7 Å². The molecule has 4 aliphatic rings. The molecule has 0 bridgehead atoms. The molecule has 1 amide bonds. The third kappa shape index (κ3) is 7.42. The number of piperidine rings is 2. The monoisotopic (exact) mass is 756 g/mol. The van der Waals surface area contributed by atoms with E-state index in [1.807, 2.05) is 11.0 Å². The first kappa shape index (κ1) is 37.0. The van der Waals surface area contributed by atoms with Gasteiger partial charge in [0.1, 0.15) is 0 Å². The highest BCUT2D eigenvalue weighted by Gasteiger charge is 2.35. The minimum absolute atomic E-state index is 0.00866. The number of nitrogens with zero attached hydrogens (tertiary/aromatic N) is 10. The smallest absolute Gasteiger partial charge is 0.338 e. The molecule has 0 radical (unpaired) electrons. The SMILES string of the molecule is CC(=O)N1CCc2c(c(N3CCCc4cc(-c5cnn(C)c5)c(C(F)F)cc43)nn2C2CCN(C(C)CC3CCN(c4ncc(C(=O)O)cn4)CC3)CC2)C1. The van der Waals surface area contributed by atoms with Crippen LogP contribution in [0.15, 0.2) is 36.9 Å². The van der Waals surface area contributed by atoms with Crippen LogP contribution in [0.2, 0.25) is 0 Å². The van der Waals surface area contributed by atoms with Gasteiger partial charge in [-0.25, -0.2) is 23.5 Å². The molecule has 1 unspecified atom stereocenters. The van der Waals surface area contributed by atoms with Crippen molar-refractivity contribution >= 4 is 29.3 Å². The number of fused-ring (bicyclic) bond motifs is 2. The lowest BCUT2D eigenvalue weighted by Gasteiger charge is -2.39. The maximum atomic E-state index is 14.7. The van der Waals surface area contributed by atoms with Crippen molar-refractivity contribution in [1.82, 2.24) is 39.3 Å². The zero-order valence-corrected chi connectivity index (χ0v) is 31.9. The van der Waals surface area contributed by atoms with E-state index < -0.39 is 12.4 Å². The zero-order valence-electron chi connectivity index (χ0n) is 31.9. The number of carboxylic acid groups (broad SMARTS) is 1. The predicted molar refractivity (Wildman–Crippen MR) is 204 cm³/mol. The molecule has 13 nitrogen and oxygen atoms in total. The van der Waals surface area contributed by atoms with Crippen LogP contribution in [0.4, 0.5) is 26.2 Å². The van der Waals surface area contributed by atoms with Crippen LogP contribution in [-0.2, 0) is 31.2 Å². The number of aromatic carboxylic acids is 1. The Labute approximate surface area is 319 Å². The minimum Gasteiger partial charge on any atom is -0.478 e. The maximum Gasteiger partial charge on any atom is 0.338 e. The number of aryl methyl sites for hydroxylation is 2. The molecule has 1 atom stereocenters. The summed E-state index contributed by atoms with van der Waals surface area (Å²) in [7, 11) is 1.79. The normalized spacial score (nSPS) is 19.1. The highest BCUT2D eigenvalue weighted by atomic mass is 19.3. The number of carbonyl (C=O) groups excluding carboxylic acids is 1. The highest BCUT2D eigenvalue weighted by molar-refractivity contribution is 5.86. The Morgan fingerprint density at radius 2 is 1.71 bits per heavy atom. The van der Waals surface area contributed by atoms with Gasteiger partial charge in [-0.05, 0) is 81.0 Å². The van der Waals surface area contributed by atoms with Crippen molar-refractivity contribution in [2.45, 2.75) is 90.3 Å².